The van der Waals surface area contributed by atoms with Gasteiger partial charge in [-0.15, -0.1) is 0 Å². The minimum atomic E-state index is 0.471. The quantitative estimate of drug-likeness (QED) is 0.719. The van der Waals surface area contributed by atoms with Gasteiger partial charge in [0, 0.05) is 54.3 Å². The molecule has 4 aliphatic rings. The van der Waals surface area contributed by atoms with Crippen molar-refractivity contribution in [3.63, 3.8) is 0 Å². The van der Waals surface area contributed by atoms with Crippen molar-refractivity contribution in [2.45, 2.75) is 64.3 Å². The van der Waals surface area contributed by atoms with Crippen molar-refractivity contribution < 1.29 is 4.74 Å². The van der Waals surface area contributed by atoms with Crippen LogP contribution in [0, 0.1) is 5.41 Å². The van der Waals surface area contributed by atoms with Gasteiger partial charge < -0.3 is 10.1 Å². The summed E-state index contributed by atoms with van der Waals surface area (Å²) in [5.41, 5.74) is 8.37. The van der Waals surface area contributed by atoms with Gasteiger partial charge in [0.2, 0.25) is 0 Å². The van der Waals surface area contributed by atoms with Gasteiger partial charge in [-0.1, -0.05) is 25.5 Å². The third-order valence-electron chi connectivity index (χ3n) is 8.24. The number of fused-ring (bicyclic) bond motifs is 1. The van der Waals surface area contributed by atoms with Crippen LogP contribution in [-0.2, 0) is 4.74 Å². The lowest BCUT2D eigenvalue weighted by molar-refractivity contribution is -0.200. The topological polar surface area (TPSA) is 53.2 Å². The van der Waals surface area contributed by atoms with E-state index in [9.17, 15) is 0 Å². The molecule has 5 nitrogen and oxygen atoms in total. The summed E-state index contributed by atoms with van der Waals surface area (Å²) in [4.78, 5) is 2.72. The van der Waals surface area contributed by atoms with Crippen molar-refractivity contribution in [3.05, 3.63) is 46.8 Å². The van der Waals surface area contributed by atoms with Crippen molar-refractivity contribution in [2.75, 3.05) is 32.8 Å². The second-order valence-corrected chi connectivity index (χ2v) is 11.1. The Morgan fingerprint density at radius 3 is 2.56 bits per heavy atom. The normalized spacial score (nSPS) is 27.6. The van der Waals surface area contributed by atoms with Crippen molar-refractivity contribution in [3.8, 4) is 0 Å². The molecule has 4 heterocycles. The van der Waals surface area contributed by atoms with Gasteiger partial charge in [-0.25, -0.2) is 0 Å². The molecule has 1 spiro atoms. The maximum atomic E-state index is 5.45. The monoisotopic (exact) mass is 432 g/mol. The molecule has 1 aromatic carbocycles. The van der Waals surface area contributed by atoms with E-state index in [4.69, 9.17) is 9.84 Å². The number of hydrogen-bond donors (Lipinski definition) is 2. The number of rotatable bonds is 4. The Bertz CT molecular complexity index is 1070. The predicted octanol–water partition coefficient (Wildman–Crippen LogP) is 4.94. The van der Waals surface area contributed by atoms with Crippen molar-refractivity contribution >= 4 is 16.5 Å². The van der Waals surface area contributed by atoms with Gasteiger partial charge in [0.1, 0.15) is 0 Å². The van der Waals surface area contributed by atoms with Crippen LogP contribution in [0.1, 0.15) is 75.1 Å². The van der Waals surface area contributed by atoms with E-state index in [1.165, 1.54) is 72.1 Å². The zero-order chi connectivity index (χ0) is 21.9. The highest BCUT2D eigenvalue weighted by Gasteiger charge is 2.50. The van der Waals surface area contributed by atoms with E-state index in [0.29, 0.717) is 17.3 Å². The van der Waals surface area contributed by atoms with E-state index < -0.39 is 0 Å². The summed E-state index contributed by atoms with van der Waals surface area (Å²) in [6.45, 7) is 12.2. The molecular formula is C27H36N4O. The van der Waals surface area contributed by atoms with Crippen LogP contribution in [0.15, 0.2) is 30.0 Å². The fraction of sp³-hybridized carbons (Fsp3) is 0.593. The van der Waals surface area contributed by atoms with Crippen molar-refractivity contribution in [2.24, 2.45) is 5.41 Å². The first kappa shape index (κ1) is 20.5. The first-order valence-electron chi connectivity index (χ1n) is 12.5. The zero-order valence-corrected chi connectivity index (χ0v) is 19.7. The van der Waals surface area contributed by atoms with E-state index >= 15 is 0 Å². The summed E-state index contributed by atoms with van der Waals surface area (Å²) in [7, 11) is 0. The maximum absolute atomic E-state index is 5.45. The number of ether oxygens (including phenoxy) is 1. The zero-order valence-electron chi connectivity index (χ0n) is 19.7. The summed E-state index contributed by atoms with van der Waals surface area (Å²) in [5, 5.41) is 13.0. The van der Waals surface area contributed by atoms with Gasteiger partial charge in [-0.05, 0) is 67.4 Å². The lowest BCUT2D eigenvalue weighted by atomic mass is 9.74. The molecule has 2 saturated heterocycles. The molecule has 170 valence electrons. The minimum absolute atomic E-state index is 0.471. The fourth-order valence-electron chi connectivity index (χ4n) is 6.34. The maximum Gasteiger partial charge on any atom is 0.0930 e. The molecule has 5 heteroatoms. The molecule has 0 amide bonds. The van der Waals surface area contributed by atoms with Crippen LogP contribution in [0.4, 0.5) is 0 Å². The number of allylic oxidation sites excluding steroid dienone is 2. The van der Waals surface area contributed by atoms with E-state index in [2.05, 4.69) is 60.5 Å². The van der Waals surface area contributed by atoms with Gasteiger partial charge in [0.25, 0.3) is 0 Å². The smallest absolute Gasteiger partial charge is 0.0930 e. The molecular weight excluding hydrogens is 396 g/mol. The first-order valence-corrected chi connectivity index (χ1v) is 12.5. The number of likely N-dealkylation sites (tertiary alicyclic amines) is 1. The Morgan fingerprint density at radius 2 is 1.91 bits per heavy atom. The Balaban J connectivity index is 1.23. The molecule has 6 rings (SSSR count). The molecule has 32 heavy (non-hydrogen) atoms. The standard InChI is InChI=1S/C27H36N4O/c1-17(2)22-9-24-25(10-23(22)20-8-18(3)11-28-12-20)29-30-26(24)19-4-6-21(7-5-19)31-13-27(14-31)15-32-16-27/h8-10,12,17,19,21,28H,4-7,11,13-16H2,1-3H3,(H,29,30). The predicted molar refractivity (Wildman–Crippen MR) is 130 cm³/mol. The lowest BCUT2D eigenvalue weighted by Gasteiger charge is -2.58. The number of aromatic nitrogens is 2. The molecule has 1 saturated carbocycles. The highest BCUT2D eigenvalue weighted by Crippen LogP contribution is 2.44. The molecule has 0 radical (unpaired) electrons. The number of hydrogen-bond acceptors (Lipinski definition) is 4. The Kier molecular flexibility index (Phi) is 4.96. The third kappa shape index (κ3) is 3.41. The highest BCUT2D eigenvalue weighted by molar-refractivity contribution is 5.89. The SMILES string of the molecule is CC1=CC(c2cc3n[nH]c(C4CCC(N5CC6(COC6)C5)CC4)c3cc2C(C)C)=CNC1. The van der Waals surface area contributed by atoms with Gasteiger partial charge >= 0.3 is 0 Å². The Labute approximate surface area is 191 Å². The third-order valence-corrected chi connectivity index (χ3v) is 8.24. The highest BCUT2D eigenvalue weighted by atomic mass is 16.5. The average molecular weight is 433 g/mol. The molecule has 0 bridgehead atoms. The van der Waals surface area contributed by atoms with Crippen LogP contribution in [-0.4, -0.2) is 54.0 Å². The first-order chi connectivity index (χ1) is 15.5. The number of nitrogens with zero attached hydrogens (tertiary/aromatic N) is 2. The van der Waals surface area contributed by atoms with Crippen LogP contribution >= 0.6 is 0 Å². The molecule has 1 aromatic heterocycles. The van der Waals surface area contributed by atoms with Crippen LogP contribution < -0.4 is 5.32 Å². The fourth-order valence-corrected chi connectivity index (χ4v) is 6.34. The Morgan fingerprint density at radius 1 is 1.12 bits per heavy atom. The number of dihydropyridines is 1. The number of benzene rings is 1. The average Bonchev–Trinajstić information content (AvgIpc) is 3.14. The summed E-state index contributed by atoms with van der Waals surface area (Å²) in [6.07, 6.45) is 9.60. The summed E-state index contributed by atoms with van der Waals surface area (Å²) < 4.78 is 5.45. The second-order valence-electron chi connectivity index (χ2n) is 11.1. The van der Waals surface area contributed by atoms with Crippen LogP contribution in [0.2, 0.25) is 0 Å². The van der Waals surface area contributed by atoms with E-state index in [0.717, 1.165) is 31.3 Å². The summed E-state index contributed by atoms with van der Waals surface area (Å²) in [6, 6.07) is 5.50. The lowest BCUT2D eigenvalue weighted by Crippen LogP contribution is -2.68. The van der Waals surface area contributed by atoms with Gasteiger partial charge in [-0.2, -0.15) is 5.10 Å². The molecule has 2 aromatic rings. The number of H-pyrrole nitrogens is 1. The van der Waals surface area contributed by atoms with Crippen molar-refractivity contribution in [1.29, 1.82) is 0 Å². The van der Waals surface area contributed by atoms with E-state index in [-0.39, 0.29) is 0 Å². The van der Waals surface area contributed by atoms with Gasteiger partial charge in [0.05, 0.1) is 18.7 Å². The number of aromatic amines is 1. The largest absolute Gasteiger partial charge is 0.387 e. The van der Waals surface area contributed by atoms with Crippen LogP contribution in [0.3, 0.4) is 0 Å². The Hall–Kier alpha value is -2.11. The van der Waals surface area contributed by atoms with Crippen LogP contribution in [0.5, 0.6) is 0 Å². The molecule has 0 unspecified atom stereocenters. The van der Waals surface area contributed by atoms with E-state index in [1.54, 1.807) is 0 Å². The van der Waals surface area contributed by atoms with Crippen LogP contribution in [0.25, 0.3) is 16.5 Å². The van der Waals surface area contributed by atoms with Gasteiger partial charge in [-0.3, -0.25) is 10.00 Å². The second kappa shape index (κ2) is 7.74. The summed E-state index contributed by atoms with van der Waals surface area (Å²) >= 11 is 0. The number of nitrogens with one attached hydrogen (secondary N) is 2. The van der Waals surface area contributed by atoms with Gasteiger partial charge in [0.15, 0.2) is 0 Å². The molecule has 0 atom stereocenters. The van der Waals surface area contributed by atoms with E-state index in [1.807, 2.05) is 0 Å². The summed E-state index contributed by atoms with van der Waals surface area (Å²) in [5.74, 6) is 1.07. The molecule has 1 aliphatic carbocycles. The molecule has 3 fully saturated rings. The molecule has 2 N–H and O–H groups in total. The minimum Gasteiger partial charge on any atom is -0.387 e. The van der Waals surface area contributed by atoms with Crippen molar-refractivity contribution in [1.82, 2.24) is 20.4 Å². The molecule has 3 aliphatic heterocycles.